The van der Waals surface area contributed by atoms with Crippen LogP contribution in [-0.4, -0.2) is 65.5 Å². The Bertz CT molecular complexity index is 1130. The third kappa shape index (κ3) is 7.32. The van der Waals surface area contributed by atoms with E-state index < -0.39 is 19.0 Å². The van der Waals surface area contributed by atoms with E-state index in [9.17, 15) is 19.2 Å². The Morgan fingerprint density at radius 3 is 1.91 bits per heavy atom. The van der Waals surface area contributed by atoms with Gasteiger partial charge in [0.05, 0.1) is 17.1 Å². The molecule has 34 heavy (non-hydrogen) atoms. The number of carbonyl (C=O) groups is 3. The van der Waals surface area contributed by atoms with Crippen LogP contribution in [0.15, 0.2) is 29.3 Å². The van der Waals surface area contributed by atoms with Gasteiger partial charge >= 0.3 is 0 Å². The van der Waals surface area contributed by atoms with Crippen LogP contribution < -0.4 is 0 Å². The second kappa shape index (κ2) is 13.7. The number of aliphatic hydroxyl groups is 2. The summed E-state index contributed by atoms with van der Waals surface area (Å²) in [7, 11) is 1.72. The zero-order valence-electron chi connectivity index (χ0n) is 19.3. The van der Waals surface area contributed by atoms with Gasteiger partial charge in [-0.15, -0.1) is 0 Å². The molecule has 0 saturated heterocycles. The molecular weight excluding hydrogens is 483 g/mol. The normalized spacial score (nSPS) is 10.0. The van der Waals surface area contributed by atoms with E-state index >= 15 is 0 Å². The summed E-state index contributed by atoms with van der Waals surface area (Å²) in [5.74, 6) is -0.862. The molecule has 2 N–H and O–H groups in total. The summed E-state index contributed by atoms with van der Waals surface area (Å²) in [6, 6.07) is 6.10. The van der Waals surface area contributed by atoms with E-state index in [0.717, 1.165) is 0 Å². The molecule has 2 aromatic rings. The zero-order valence-corrected chi connectivity index (χ0v) is 20.8. The topological polar surface area (TPSA) is 124 Å². The number of ketones is 2. The van der Waals surface area contributed by atoms with Gasteiger partial charge in [0.25, 0.3) is 0 Å². The molecule has 0 bridgehead atoms. The largest absolute Gasteiger partial charge is 0.388 e. The highest BCUT2D eigenvalue weighted by atomic mass is 35.5. The summed E-state index contributed by atoms with van der Waals surface area (Å²) in [4.78, 5) is 49.9. The number of hydrogen-bond acceptors (Lipinski definition) is 7. The molecule has 0 aliphatic heterocycles. The number of amides is 1. The van der Waals surface area contributed by atoms with Crippen molar-refractivity contribution in [3.05, 3.63) is 62.1 Å². The Kier molecular flexibility index (Phi) is 11.8. The van der Waals surface area contributed by atoms with Crippen molar-refractivity contribution in [3.8, 4) is 0 Å². The predicted octanol–water partition coefficient (Wildman–Crippen LogP) is 3.63. The number of aliphatic hydroxyl groups excluding tert-OH is 2. The van der Waals surface area contributed by atoms with E-state index in [1.807, 2.05) is 6.92 Å². The van der Waals surface area contributed by atoms with Gasteiger partial charge in [-0.05, 0) is 61.7 Å². The van der Waals surface area contributed by atoms with E-state index in [1.54, 1.807) is 37.9 Å². The summed E-state index contributed by atoms with van der Waals surface area (Å²) in [5.41, 5.74) is 2.69. The number of hydrogen-bond donors (Lipinski definition) is 2. The van der Waals surface area contributed by atoms with Crippen molar-refractivity contribution < 1.29 is 29.4 Å². The average Bonchev–Trinajstić information content (AvgIpc) is 2.83. The number of benzene rings is 2. The third-order valence-electron chi connectivity index (χ3n) is 5.20. The fraction of sp³-hybridized carbons (Fsp3) is 0.333. The summed E-state index contributed by atoms with van der Waals surface area (Å²) < 4.78 is 0. The summed E-state index contributed by atoms with van der Waals surface area (Å²) in [6.07, 6.45) is 1.52. The molecule has 0 aromatic heterocycles. The molecule has 182 valence electrons. The Morgan fingerprint density at radius 1 is 0.941 bits per heavy atom. The number of likely N-dealkylation sites (N-methyl/N-ethyl adjacent to an activating group) is 1. The Morgan fingerprint density at radius 2 is 1.44 bits per heavy atom. The molecule has 0 heterocycles. The third-order valence-corrected chi connectivity index (χ3v) is 5.86. The van der Waals surface area contributed by atoms with E-state index in [0.29, 0.717) is 39.4 Å². The van der Waals surface area contributed by atoms with Gasteiger partial charge in [0.15, 0.2) is 11.6 Å². The minimum Gasteiger partial charge on any atom is -0.388 e. The first-order valence-corrected chi connectivity index (χ1v) is 11.0. The van der Waals surface area contributed by atoms with E-state index in [1.165, 1.54) is 18.2 Å². The monoisotopic (exact) mass is 508 g/mol. The van der Waals surface area contributed by atoms with Crippen LogP contribution in [-0.2, 0) is 16.0 Å². The van der Waals surface area contributed by atoms with Crippen LogP contribution in [0, 0.1) is 13.8 Å². The van der Waals surface area contributed by atoms with Gasteiger partial charge in [-0.1, -0.05) is 23.2 Å². The summed E-state index contributed by atoms with van der Waals surface area (Å²) in [5, 5.41) is 18.4. The predicted molar refractivity (Wildman–Crippen MR) is 130 cm³/mol. The minimum absolute atomic E-state index is 0.0545. The van der Waals surface area contributed by atoms with Crippen LogP contribution >= 0.6 is 23.2 Å². The fourth-order valence-corrected chi connectivity index (χ4v) is 3.55. The maximum absolute atomic E-state index is 11.9. The maximum atomic E-state index is 11.9. The van der Waals surface area contributed by atoms with E-state index in [2.05, 4.69) is 4.99 Å². The number of nitrogens with zero attached hydrogens (tertiary/aromatic N) is 2. The molecule has 0 atom stereocenters. The fourth-order valence-electron chi connectivity index (χ4n) is 3.03. The van der Waals surface area contributed by atoms with Crippen molar-refractivity contribution in [2.75, 3.05) is 26.8 Å². The molecule has 0 fully saturated rings. The van der Waals surface area contributed by atoms with Crippen molar-refractivity contribution in [2.24, 2.45) is 4.99 Å². The highest BCUT2D eigenvalue weighted by Gasteiger charge is 2.17. The van der Waals surface area contributed by atoms with Crippen LogP contribution in [0.2, 0.25) is 10.0 Å². The quantitative estimate of drug-likeness (QED) is 0.318. The van der Waals surface area contributed by atoms with Gasteiger partial charge in [-0.3, -0.25) is 14.4 Å². The lowest BCUT2D eigenvalue weighted by Gasteiger charge is -2.17. The number of halogens is 2. The summed E-state index contributed by atoms with van der Waals surface area (Å²) >= 11 is 11.9. The first-order chi connectivity index (χ1) is 16.0. The second-order valence-electron chi connectivity index (χ2n) is 7.22. The Labute approximate surface area is 207 Å². The minimum atomic E-state index is -0.591. The van der Waals surface area contributed by atoms with E-state index in [4.69, 9.17) is 33.4 Å². The molecule has 0 radical (unpaired) electrons. The molecule has 2 aromatic carbocycles. The van der Waals surface area contributed by atoms with Crippen LogP contribution in [0.3, 0.4) is 0 Å². The molecule has 0 spiro atoms. The number of isocyanates is 1. The Hall–Kier alpha value is -2.87. The SMILES string of the molecule is CCN(C)C(=O)Cc1c(Cl)ccc(C(=O)CO)c1C.Cc1c(C(=O)CO)ccc(Cl)c1N=C=O. The van der Waals surface area contributed by atoms with Crippen molar-refractivity contribution in [2.45, 2.75) is 27.2 Å². The van der Waals surface area contributed by atoms with Gasteiger partial charge < -0.3 is 15.1 Å². The lowest BCUT2D eigenvalue weighted by Crippen LogP contribution is -2.28. The van der Waals surface area contributed by atoms with Gasteiger partial charge in [0.1, 0.15) is 13.2 Å². The number of carbonyl (C=O) groups excluding carboxylic acids is 4. The number of rotatable bonds is 8. The number of aliphatic imine (C=N–C) groups is 1. The lowest BCUT2D eigenvalue weighted by molar-refractivity contribution is -0.128. The molecule has 0 aliphatic rings. The number of Topliss-reactive ketones (excluding diaryl/α,β-unsaturated/α-hetero) is 2. The van der Waals surface area contributed by atoms with Crippen LogP contribution in [0.1, 0.15) is 44.3 Å². The molecule has 1 amide bonds. The summed E-state index contributed by atoms with van der Waals surface area (Å²) in [6.45, 7) is 4.70. The molecule has 0 aliphatic carbocycles. The molecule has 0 unspecified atom stereocenters. The molecule has 0 saturated carbocycles. The van der Waals surface area contributed by atoms with Crippen molar-refractivity contribution in [1.29, 1.82) is 0 Å². The standard InChI is InChI=1S/C14H18ClNO3.C10H8ClNO3/c1-4-16(3)14(19)7-11-9(2)10(13(18)8-17)5-6-12(11)15;1-6-7(9(15)4-13)2-3-8(11)10(6)12-5-14/h5-6,17H,4,7-8H2,1-3H3;2-3,13H,4H2,1H3. The van der Waals surface area contributed by atoms with Crippen LogP contribution in [0.25, 0.3) is 0 Å². The van der Waals surface area contributed by atoms with Crippen molar-refractivity contribution in [3.63, 3.8) is 0 Å². The van der Waals surface area contributed by atoms with E-state index in [-0.39, 0.29) is 28.8 Å². The second-order valence-corrected chi connectivity index (χ2v) is 8.03. The van der Waals surface area contributed by atoms with Gasteiger partial charge in [0.2, 0.25) is 12.0 Å². The highest BCUT2D eigenvalue weighted by molar-refractivity contribution is 6.33. The Balaban J connectivity index is 0.000000350. The first-order valence-electron chi connectivity index (χ1n) is 10.2. The molecular formula is C24H26Cl2N2O6. The lowest BCUT2D eigenvalue weighted by atomic mass is 9.97. The maximum Gasteiger partial charge on any atom is 0.240 e. The van der Waals surface area contributed by atoms with Crippen LogP contribution in [0.5, 0.6) is 0 Å². The van der Waals surface area contributed by atoms with Crippen molar-refractivity contribution in [1.82, 2.24) is 4.90 Å². The first kappa shape index (κ1) is 29.2. The highest BCUT2D eigenvalue weighted by Crippen LogP contribution is 2.30. The smallest absolute Gasteiger partial charge is 0.240 e. The molecule has 8 nitrogen and oxygen atoms in total. The van der Waals surface area contributed by atoms with Crippen molar-refractivity contribution >= 4 is 52.4 Å². The molecule has 2 rings (SSSR count). The molecule has 10 heteroatoms. The zero-order chi connectivity index (χ0) is 26.0. The van der Waals surface area contributed by atoms with Gasteiger partial charge in [0, 0.05) is 29.7 Å². The van der Waals surface area contributed by atoms with Gasteiger partial charge in [-0.25, -0.2) is 4.79 Å². The van der Waals surface area contributed by atoms with Gasteiger partial charge in [-0.2, -0.15) is 4.99 Å². The van der Waals surface area contributed by atoms with Crippen LogP contribution in [0.4, 0.5) is 5.69 Å². The average molecular weight is 509 g/mol.